The van der Waals surface area contributed by atoms with Crippen LogP contribution in [0.3, 0.4) is 0 Å². The molecule has 0 aliphatic carbocycles. The lowest BCUT2D eigenvalue weighted by Crippen LogP contribution is -2.32. The molecule has 3 N–H and O–H groups in total. The number of carboxylic acids is 1. The molecule has 1 aromatic carbocycles. The maximum atomic E-state index is 10.6. The maximum absolute atomic E-state index is 10.6. The van der Waals surface area contributed by atoms with Crippen molar-refractivity contribution in [1.82, 2.24) is 4.98 Å². The van der Waals surface area contributed by atoms with Crippen LogP contribution in [-0.4, -0.2) is 27.9 Å². The molecular weight excluding hydrogens is 264 g/mol. The number of nitrogens with two attached hydrogens (primary N) is 1. The fraction of sp³-hybridized carbons (Fsp3) is 0.231. The molecule has 100 valence electrons. The average molecular weight is 278 g/mol. The van der Waals surface area contributed by atoms with Crippen molar-refractivity contribution in [2.75, 3.05) is 5.75 Å². The Bertz CT molecular complexity index is 542. The molecule has 2 aromatic rings. The molecule has 1 heterocycles. The number of aromatic nitrogens is 1. The molecule has 0 aliphatic rings. The first kappa shape index (κ1) is 13.6. The molecule has 0 aliphatic heterocycles. The fourth-order valence-electron chi connectivity index (χ4n) is 1.45. The van der Waals surface area contributed by atoms with Gasteiger partial charge in [0, 0.05) is 17.1 Å². The molecule has 5 nitrogen and oxygen atoms in total. The fourth-order valence-corrected chi connectivity index (χ4v) is 2.30. The summed E-state index contributed by atoms with van der Waals surface area (Å²) in [6.45, 7) is 0. The molecule has 6 heteroatoms. The van der Waals surface area contributed by atoms with Gasteiger partial charge < -0.3 is 15.3 Å². The van der Waals surface area contributed by atoms with Crippen LogP contribution in [0.4, 0.5) is 0 Å². The van der Waals surface area contributed by atoms with E-state index in [-0.39, 0.29) is 0 Å². The molecule has 1 atom stereocenters. The Kier molecular flexibility index (Phi) is 4.59. The van der Waals surface area contributed by atoms with E-state index in [1.807, 2.05) is 30.3 Å². The van der Waals surface area contributed by atoms with E-state index >= 15 is 0 Å². The Morgan fingerprint density at radius 1 is 1.42 bits per heavy atom. The van der Waals surface area contributed by atoms with Crippen molar-refractivity contribution in [3.8, 4) is 11.5 Å². The Balaban J connectivity index is 1.90. The summed E-state index contributed by atoms with van der Waals surface area (Å²) in [7, 11) is 0. The van der Waals surface area contributed by atoms with Crippen LogP contribution in [0.5, 0.6) is 0 Å². The van der Waals surface area contributed by atoms with Crippen molar-refractivity contribution < 1.29 is 14.3 Å². The highest BCUT2D eigenvalue weighted by atomic mass is 32.2. The average Bonchev–Trinajstić information content (AvgIpc) is 2.88. The molecule has 1 aromatic heterocycles. The molecule has 0 unspecified atom stereocenters. The largest absolute Gasteiger partial charge is 0.480 e. The summed E-state index contributed by atoms with van der Waals surface area (Å²) in [5.74, 6) is 0.511. The van der Waals surface area contributed by atoms with Crippen molar-refractivity contribution >= 4 is 17.7 Å². The van der Waals surface area contributed by atoms with E-state index in [0.29, 0.717) is 17.4 Å². The molecular formula is C13H14N2O3S. The Labute approximate surface area is 114 Å². The number of aliphatic carboxylic acids is 1. The van der Waals surface area contributed by atoms with Crippen molar-refractivity contribution in [1.29, 1.82) is 0 Å². The summed E-state index contributed by atoms with van der Waals surface area (Å²) in [6, 6.07) is 8.76. The van der Waals surface area contributed by atoms with Crippen molar-refractivity contribution in [3.63, 3.8) is 0 Å². The molecule has 0 saturated heterocycles. The summed E-state index contributed by atoms with van der Waals surface area (Å²) in [5, 5.41) is 8.66. The van der Waals surface area contributed by atoms with E-state index in [1.54, 1.807) is 6.26 Å². The molecule has 0 radical (unpaired) electrons. The van der Waals surface area contributed by atoms with Gasteiger partial charge in [-0.3, -0.25) is 4.79 Å². The zero-order valence-electron chi connectivity index (χ0n) is 10.2. The van der Waals surface area contributed by atoms with Gasteiger partial charge in [0.25, 0.3) is 0 Å². The molecule has 0 saturated carbocycles. The highest BCUT2D eigenvalue weighted by Gasteiger charge is 2.12. The van der Waals surface area contributed by atoms with Gasteiger partial charge in [-0.25, -0.2) is 4.98 Å². The summed E-state index contributed by atoms with van der Waals surface area (Å²) in [6.07, 6.45) is 1.58. The first-order valence-electron chi connectivity index (χ1n) is 5.73. The van der Waals surface area contributed by atoms with Crippen LogP contribution >= 0.6 is 11.8 Å². The summed E-state index contributed by atoms with van der Waals surface area (Å²) < 4.78 is 5.38. The minimum absolute atomic E-state index is 0.350. The van der Waals surface area contributed by atoms with Gasteiger partial charge in [-0.05, 0) is 12.1 Å². The number of thioether (sulfide) groups is 1. The highest BCUT2D eigenvalue weighted by molar-refractivity contribution is 7.98. The molecule has 0 bridgehead atoms. The minimum atomic E-state index is -0.988. The topological polar surface area (TPSA) is 89.4 Å². The quantitative estimate of drug-likeness (QED) is 0.840. The van der Waals surface area contributed by atoms with Crippen LogP contribution in [0.1, 0.15) is 5.69 Å². The lowest BCUT2D eigenvalue weighted by Gasteiger charge is -2.03. The van der Waals surface area contributed by atoms with Gasteiger partial charge in [0.05, 0.1) is 5.69 Å². The number of carbonyl (C=O) groups is 1. The Hall–Kier alpha value is -1.79. The van der Waals surface area contributed by atoms with Gasteiger partial charge in [0.2, 0.25) is 5.89 Å². The molecule has 19 heavy (non-hydrogen) atoms. The van der Waals surface area contributed by atoms with Crippen LogP contribution in [-0.2, 0) is 10.5 Å². The number of carboxylic acid groups (broad SMARTS) is 1. The van der Waals surface area contributed by atoms with E-state index in [2.05, 4.69) is 4.98 Å². The van der Waals surface area contributed by atoms with E-state index in [0.717, 1.165) is 11.3 Å². The third-order valence-corrected chi connectivity index (χ3v) is 3.53. The van der Waals surface area contributed by atoms with Crippen LogP contribution in [0.25, 0.3) is 11.5 Å². The second kappa shape index (κ2) is 6.40. The van der Waals surface area contributed by atoms with Crippen LogP contribution in [0.2, 0.25) is 0 Å². The van der Waals surface area contributed by atoms with Gasteiger partial charge in [-0.1, -0.05) is 18.2 Å². The standard InChI is InChI=1S/C13H14N2O3S/c14-11(13(16)17)8-19-7-10-6-18-12(15-10)9-4-2-1-3-5-9/h1-6,11H,7-8,14H2,(H,16,17)/t11-/m0/s1. The maximum Gasteiger partial charge on any atom is 0.321 e. The molecule has 0 amide bonds. The lowest BCUT2D eigenvalue weighted by atomic mass is 10.2. The van der Waals surface area contributed by atoms with Crippen molar-refractivity contribution in [2.45, 2.75) is 11.8 Å². The predicted molar refractivity (Wildman–Crippen MR) is 73.7 cm³/mol. The summed E-state index contributed by atoms with van der Waals surface area (Å²) in [5.41, 5.74) is 7.11. The number of rotatable bonds is 6. The lowest BCUT2D eigenvalue weighted by molar-refractivity contribution is -0.137. The summed E-state index contributed by atoms with van der Waals surface area (Å²) in [4.78, 5) is 14.9. The van der Waals surface area contributed by atoms with Gasteiger partial charge in [0.1, 0.15) is 12.3 Å². The van der Waals surface area contributed by atoms with Crippen LogP contribution < -0.4 is 5.73 Å². The SMILES string of the molecule is N[C@@H](CSCc1coc(-c2ccccc2)n1)C(=O)O. The van der Waals surface area contributed by atoms with Gasteiger partial charge >= 0.3 is 5.97 Å². The first-order valence-corrected chi connectivity index (χ1v) is 6.88. The minimum Gasteiger partial charge on any atom is -0.480 e. The number of oxazole rings is 1. The number of benzene rings is 1. The van der Waals surface area contributed by atoms with Gasteiger partial charge in [0.15, 0.2) is 0 Å². The van der Waals surface area contributed by atoms with Gasteiger partial charge in [-0.15, -0.1) is 0 Å². The monoisotopic (exact) mass is 278 g/mol. The predicted octanol–water partition coefficient (Wildman–Crippen LogP) is 1.99. The molecule has 2 rings (SSSR count). The Morgan fingerprint density at radius 2 is 2.16 bits per heavy atom. The van der Waals surface area contributed by atoms with Crippen LogP contribution in [0.15, 0.2) is 41.0 Å². The van der Waals surface area contributed by atoms with E-state index in [4.69, 9.17) is 15.3 Å². The van der Waals surface area contributed by atoms with Crippen LogP contribution in [0, 0.1) is 0 Å². The number of hydrogen-bond acceptors (Lipinski definition) is 5. The molecule has 0 fully saturated rings. The summed E-state index contributed by atoms with van der Waals surface area (Å²) >= 11 is 1.42. The molecule has 0 spiro atoms. The normalized spacial score (nSPS) is 12.3. The third kappa shape index (κ3) is 3.84. The van der Waals surface area contributed by atoms with E-state index < -0.39 is 12.0 Å². The first-order chi connectivity index (χ1) is 9.16. The zero-order valence-corrected chi connectivity index (χ0v) is 11.0. The van der Waals surface area contributed by atoms with E-state index in [9.17, 15) is 4.79 Å². The van der Waals surface area contributed by atoms with E-state index in [1.165, 1.54) is 11.8 Å². The number of nitrogens with zero attached hydrogens (tertiary/aromatic N) is 1. The second-order valence-electron chi connectivity index (χ2n) is 3.97. The van der Waals surface area contributed by atoms with Crippen molar-refractivity contribution in [2.24, 2.45) is 5.73 Å². The smallest absolute Gasteiger partial charge is 0.321 e. The van der Waals surface area contributed by atoms with Crippen molar-refractivity contribution in [3.05, 3.63) is 42.3 Å². The Morgan fingerprint density at radius 3 is 2.84 bits per heavy atom. The highest BCUT2D eigenvalue weighted by Crippen LogP contribution is 2.20. The van der Waals surface area contributed by atoms with Gasteiger partial charge in [-0.2, -0.15) is 11.8 Å². The third-order valence-electron chi connectivity index (χ3n) is 2.44. The second-order valence-corrected chi connectivity index (χ2v) is 5.00. The number of hydrogen-bond donors (Lipinski definition) is 2. The zero-order chi connectivity index (χ0) is 13.7.